The fourth-order valence-corrected chi connectivity index (χ4v) is 2.78. The van der Waals surface area contributed by atoms with Gasteiger partial charge in [0, 0.05) is 30.9 Å². The van der Waals surface area contributed by atoms with Crippen molar-refractivity contribution in [3.63, 3.8) is 0 Å². The molecule has 94 valence electrons. The van der Waals surface area contributed by atoms with Crippen molar-refractivity contribution in [1.82, 2.24) is 5.32 Å². The standard InChI is InChI=1S/C15H24N2/c1-4-17(14-8-6-5-7-9-14)12-13-10-15(2,3)16-11-13/h5-9,13,16H,4,10-12H2,1-3H3/t13-/m0/s1. The van der Waals surface area contributed by atoms with Crippen molar-refractivity contribution in [3.8, 4) is 0 Å². The van der Waals surface area contributed by atoms with Crippen molar-refractivity contribution >= 4 is 5.69 Å². The van der Waals surface area contributed by atoms with Crippen LogP contribution >= 0.6 is 0 Å². The molecular weight excluding hydrogens is 208 g/mol. The van der Waals surface area contributed by atoms with Crippen molar-refractivity contribution in [2.24, 2.45) is 5.92 Å². The van der Waals surface area contributed by atoms with Gasteiger partial charge in [0.2, 0.25) is 0 Å². The van der Waals surface area contributed by atoms with Gasteiger partial charge in [0.1, 0.15) is 0 Å². The minimum Gasteiger partial charge on any atom is -0.371 e. The van der Waals surface area contributed by atoms with E-state index in [9.17, 15) is 0 Å². The summed E-state index contributed by atoms with van der Waals surface area (Å²) in [6.45, 7) is 10.2. The molecule has 0 bridgehead atoms. The van der Waals surface area contributed by atoms with Gasteiger partial charge >= 0.3 is 0 Å². The highest BCUT2D eigenvalue weighted by molar-refractivity contribution is 5.45. The van der Waals surface area contributed by atoms with Gasteiger partial charge in [-0.3, -0.25) is 0 Å². The third-order valence-electron chi connectivity index (χ3n) is 3.65. The molecule has 17 heavy (non-hydrogen) atoms. The number of hydrogen-bond acceptors (Lipinski definition) is 2. The predicted octanol–water partition coefficient (Wildman–Crippen LogP) is 2.90. The molecule has 1 aliphatic rings. The third-order valence-corrected chi connectivity index (χ3v) is 3.65. The van der Waals surface area contributed by atoms with E-state index < -0.39 is 0 Å². The van der Waals surface area contributed by atoms with E-state index in [4.69, 9.17) is 0 Å². The number of para-hydroxylation sites is 1. The van der Waals surface area contributed by atoms with Crippen LogP contribution in [0, 0.1) is 5.92 Å². The van der Waals surface area contributed by atoms with Gasteiger partial charge in [0.25, 0.3) is 0 Å². The lowest BCUT2D eigenvalue weighted by Crippen LogP contribution is -2.31. The Balaban J connectivity index is 1.97. The van der Waals surface area contributed by atoms with Gasteiger partial charge in [-0.25, -0.2) is 0 Å². The second-order valence-electron chi connectivity index (χ2n) is 5.71. The minimum absolute atomic E-state index is 0.320. The molecule has 0 radical (unpaired) electrons. The zero-order valence-electron chi connectivity index (χ0n) is 11.2. The zero-order chi connectivity index (χ0) is 12.3. The van der Waals surface area contributed by atoms with E-state index in [0.717, 1.165) is 25.6 Å². The Morgan fingerprint density at radius 1 is 1.29 bits per heavy atom. The lowest BCUT2D eigenvalue weighted by Gasteiger charge is -2.26. The molecule has 0 amide bonds. The van der Waals surface area contributed by atoms with Crippen LogP contribution in [0.2, 0.25) is 0 Å². The molecule has 2 nitrogen and oxygen atoms in total. The van der Waals surface area contributed by atoms with Crippen LogP contribution in [0.5, 0.6) is 0 Å². The zero-order valence-corrected chi connectivity index (χ0v) is 11.2. The maximum Gasteiger partial charge on any atom is 0.0366 e. The molecule has 1 aliphatic heterocycles. The van der Waals surface area contributed by atoms with E-state index in [1.165, 1.54) is 12.1 Å². The molecule has 1 aromatic carbocycles. The number of hydrogen-bond donors (Lipinski definition) is 1. The molecule has 1 saturated heterocycles. The van der Waals surface area contributed by atoms with Crippen LogP contribution in [0.1, 0.15) is 27.2 Å². The Kier molecular flexibility index (Phi) is 3.72. The van der Waals surface area contributed by atoms with Crippen LogP contribution in [0.15, 0.2) is 30.3 Å². The van der Waals surface area contributed by atoms with Crippen molar-refractivity contribution in [1.29, 1.82) is 0 Å². The molecule has 0 aliphatic carbocycles. The Hall–Kier alpha value is -1.02. The van der Waals surface area contributed by atoms with E-state index in [1.807, 2.05) is 0 Å². The molecule has 0 aromatic heterocycles. The van der Waals surface area contributed by atoms with E-state index in [2.05, 4.69) is 61.3 Å². The highest BCUT2D eigenvalue weighted by atomic mass is 15.1. The van der Waals surface area contributed by atoms with Crippen molar-refractivity contribution < 1.29 is 0 Å². The summed E-state index contributed by atoms with van der Waals surface area (Å²) in [7, 11) is 0. The molecule has 1 N–H and O–H groups in total. The largest absolute Gasteiger partial charge is 0.371 e. The van der Waals surface area contributed by atoms with Gasteiger partial charge in [0.15, 0.2) is 0 Å². The Bertz CT molecular complexity index is 345. The Labute approximate surface area is 105 Å². The summed E-state index contributed by atoms with van der Waals surface area (Å²) in [6.07, 6.45) is 1.27. The molecule has 2 rings (SSSR count). The summed E-state index contributed by atoms with van der Waals surface area (Å²) in [5.74, 6) is 0.769. The first-order valence-corrected chi connectivity index (χ1v) is 6.66. The smallest absolute Gasteiger partial charge is 0.0366 e. The first-order chi connectivity index (χ1) is 8.11. The molecule has 1 heterocycles. The number of nitrogens with zero attached hydrogens (tertiary/aromatic N) is 1. The summed E-state index contributed by atoms with van der Waals surface area (Å²) in [4.78, 5) is 2.48. The van der Waals surface area contributed by atoms with Crippen LogP contribution in [0.3, 0.4) is 0 Å². The maximum absolute atomic E-state index is 3.60. The average Bonchev–Trinajstić information content (AvgIpc) is 2.67. The van der Waals surface area contributed by atoms with Gasteiger partial charge in [-0.05, 0) is 45.2 Å². The van der Waals surface area contributed by atoms with Crippen LogP contribution in [-0.4, -0.2) is 25.2 Å². The normalized spacial score (nSPS) is 22.6. The van der Waals surface area contributed by atoms with Crippen LogP contribution < -0.4 is 10.2 Å². The summed E-state index contributed by atoms with van der Waals surface area (Å²) >= 11 is 0. The summed E-state index contributed by atoms with van der Waals surface area (Å²) in [5.41, 5.74) is 1.67. The SMILES string of the molecule is CCN(C[C@@H]1CNC(C)(C)C1)c1ccccc1. The summed E-state index contributed by atoms with van der Waals surface area (Å²) < 4.78 is 0. The van der Waals surface area contributed by atoms with Gasteiger partial charge in [-0.1, -0.05) is 18.2 Å². The average molecular weight is 232 g/mol. The fourth-order valence-electron chi connectivity index (χ4n) is 2.78. The molecule has 0 saturated carbocycles. The van der Waals surface area contributed by atoms with E-state index in [0.29, 0.717) is 5.54 Å². The lowest BCUT2D eigenvalue weighted by atomic mass is 9.96. The lowest BCUT2D eigenvalue weighted by molar-refractivity contribution is 0.440. The predicted molar refractivity (Wildman–Crippen MR) is 74.5 cm³/mol. The van der Waals surface area contributed by atoms with Gasteiger partial charge < -0.3 is 10.2 Å². The number of benzene rings is 1. The number of rotatable bonds is 4. The molecule has 1 atom stereocenters. The van der Waals surface area contributed by atoms with Crippen LogP contribution in [0.4, 0.5) is 5.69 Å². The molecule has 0 unspecified atom stereocenters. The number of anilines is 1. The highest BCUT2D eigenvalue weighted by Crippen LogP contribution is 2.25. The molecule has 0 spiro atoms. The monoisotopic (exact) mass is 232 g/mol. The van der Waals surface area contributed by atoms with Gasteiger partial charge in [-0.2, -0.15) is 0 Å². The van der Waals surface area contributed by atoms with Crippen molar-refractivity contribution in [2.75, 3.05) is 24.5 Å². The van der Waals surface area contributed by atoms with Crippen LogP contribution in [0.25, 0.3) is 0 Å². The highest BCUT2D eigenvalue weighted by Gasteiger charge is 2.30. The van der Waals surface area contributed by atoms with Gasteiger partial charge in [-0.15, -0.1) is 0 Å². The van der Waals surface area contributed by atoms with Crippen molar-refractivity contribution in [2.45, 2.75) is 32.7 Å². The summed E-state index contributed by atoms with van der Waals surface area (Å²) in [6, 6.07) is 10.7. The Morgan fingerprint density at radius 2 is 2.00 bits per heavy atom. The molecular formula is C15H24N2. The number of nitrogens with one attached hydrogen (secondary N) is 1. The second kappa shape index (κ2) is 5.09. The molecule has 1 fully saturated rings. The topological polar surface area (TPSA) is 15.3 Å². The van der Waals surface area contributed by atoms with Gasteiger partial charge in [0.05, 0.1) is 0 Å². The Morgan fingerprint density at radius 3 is 2.53 bits per heavy atom. The third kappa shape index (κ3) is 3.22. The molecule has 1 aromatic rings. The first kappa shape index (κ1) is 12.4. The fraction of sp³-hybridized carbons (Fsp3) is 0.600. The van der Waals surface area contributed by atoms with Crippen molar-refractivity contribution in [3.05, 3.63) is 30.3 Å². The first-order valence-electron chi connectivity index (χ1n) is 6.66. The molecule has 2 heteroatoms. The van der Waals surface area contributed by atoms with E-state index >= 15 is 0 Å². The maximum atomic E-state index is 3.60. The second-order valence-corrected chi connectivity index (χ2v) is 5.71. The quantitative estimate of drug-likeness (QED) is 0.858. The summed E-state index contributed by atoms with van der Waals surface area (Å²) in [5, 5.41) is 3.60. The minimum atomic E-state index is 0.320. The van der Waals surface area contributed by atoms with E-state index in [1.54, 1.807) is 0 Å². The van der Waals surface area contributed by atoms with E-state index in [-0.39, 0.29) is 0 Å². The van der Waals surface area contributed by atoms with Crippen LogP contribution in [-0.2, 0) is 0 Å².